The third-order valence-corrected chi connectivity index (χ3v) is 3.96. The summed E-state index contributed by atoms with van der Waals surface area (Å²) in [4.78, 5) is 12.1. The van der Waals surface area contributed by atoms with Gasteiger partial charge in [0.15, 0.2) is 5.78 Å². The van der Waals surface area contributed by atoms with Gasteiger partial charge in [0.05, 0.1) is 0 Å². The molecular formula is C16H24O. The van der Waals surface area contributed by atoms with Crippen molar-refractivity contribution in [1.82, 2.24) is 0 Å². The van der Waals surface area contributed by atoms with Crippen LogP contribution in [0.25, 0.3) is 0 Å². The van der Waals surface area contributed by atoms with E-state index in [9.17, 15) is 4.79 Å². The standard InChI is InChI=1S/C16H24O/c1-13-11-14-9-7-5-3-2-4-6-8-10-15(14)16(17)12-13/h2,4,13H,3,5-12H2,1H3/b4-2-/t13-/m0/s1. The second-order valence-corrected chi connectivity index (χ2v) is 5.63. The first-order valence-electron chi connectivity index (χ1n) is 7.16. The Morgan fingerprint density at radius 2 is 1.76 bits per heavy atom. The zero-order valence-corrected chi connectivity index (χ0v) is 11.0. The van der Waals surface area contributed by atoms with Gasteiger partial charge in [0.1, 0.15) is 0 Å². The van der Waals surface area contributed by atoms with Crippen LogP contribution >= 0.6 is 0 Å². The van der Waals surface area contributed by atoms with Crippen LogP contribution in [0.3, 0.4) is 0 Å². The van der Waals surface area contributed by atoms with Gasteiger partial charge in [-0.3, -0.25) is 4.79 Å². The van der Waals surface area contributed by atoms with Gasteiger partial charge < -0.3 is 0 Å². The molecule has 0 aliphatic heterocycles. The minimum atomic E-state index is 0.446. The highest BCUT2D eigenvalue weighted by Gasteiger charge is 2.24. The Kier molecular flexibility index (Phi) is 4.58. The highest BCUT2D eigenvalue weighted by Crippen LogP contribution is 2.33. The first kappa shape index (κ1) is 12.6. The van der Waals surface area contributed by atoms with Crippen molar-refractivity contribution in [3.8, 4) is 0 Å². The zero-order chi connectivity index (χ0) is 12.1. The average Bonchev–Trinajstić information content (AvgIpc) is 2.33. The summed E-state index contributed by atoms with van der Waals surface area (Å²) in [7, 11) is 0. The van der Waals surface area contributed by atoms with E-state index in [1.54, 1.807) is 0 Å². The van der Waals surface area contributed by atoms with Crippen LogP contribution in [0.4, 0.5) is 0 Å². The third kappa shape index (κ3) is 3.55. The summed E-state index contributed by atoms with van der Waals surface area (Å²) in [6.45, 7) is 2.22. The molecule has 0 radical (unpaired) electrons. The Labute approximate surface area is 105 Å². The molecule has 0 fully saturated rings. The van der Waals surface area contributed by atoms with E-state index in [-0.39, 0.29) is 0 Å². The second kappa shape index (κ2) is 6.18. The molecule has 0 spiro atoms. The predicted molar refractivity (Wildman–Crippen MR) is 71.9 cm³/mol. The molecule has 0 saturated heterocycles. The maximum absolute atomic E-state index is 12.1. The van der Waals surface area contributed by atoms with Crippen LogP contribution in [0.15, 0.2) is 23.3 Å². The van der Waals surface area contributed by atoms with Gasteiger partial charge >= 0.3 is 0 Å². The molecule has 0 aromatic heterocycles. The SMILES string of the molecule is C[C@@H]1CC(=O)C2=C(CCCC/C=C\CCC2)C1. The summed E-state index contributed by atoms with van der Waals surface area (Å²) in [5.74, 6) is 1.02. The van der Waals surface area contributed by atoms with Gasteiger partial charge in [0, 0.05) is 6.42 Å². The molecule has 0 aromatic rings. The number of carbonyl (C=O) groups is 1. The first-order valence-corrected chi connectivity index (χ1v) is 7.16. The van der Waals surface area contributed by atoms with Gasteiger partial charge in [-0.1, -0.05) is 24.6 Å². The average molecular weight is 232 g/mol. The normalized spacial score (nSPS) is 29.5. The van der Waals surface area contributed by atoms with Crippen LogP contribution in [0, 0.1) is 5.92 Å². The molecule has 2 aliphatic carbocycles. The molecular weight excluding hydrogens is 208 g/mol. The largest absolute Gasteiger partial charge is 0.295 e. The molecule has 0 heterocycles. The van der Waals surface area contributed by atoms with Crippen molar-refractivity contribution in [3.05, 3.63) is 23.3 Å². The molecule has 17 heavy (non-hydrogen) atoms. The maximum Gasteiger partial charge on any atom is 0.159 e. The molecule has 1 nitrogen and oxygen atoms in total. The molecule has 2 aliphatic rings. The molecule has 0 saturated carbocycles. The zero-order valence-electron chi connectivity index (χ0n) is 11.0. The summed E-state index contributed by atoms with van der Waals surface area (Å²) in [6.07, 6.45) is 14.8. The van der Waals surface area contributed by atoms with E-state index in [2.05, 4.69) is 19.1 Å². The Morgan fingerprint density at radius 1 is 1.00 bits per heavy atom. The molecule has 0 aromatic carbocycles. The molecule has 1 heteroatoms. The fourth-order valence-corrected chi connectivity index (χ4v) is 3.05. The fourth-order valence-electron chi connectivity index (χ4n) is 3.05. The Balaban J connectivity index is 2.12. The van der Waals surface area contributed by atoms with E-state index in [0.717, 1.165) is 25.7 Å². The van der Waals surface area contributed by atoms with E-state index >= 15 is 0 Å². The Morgan fingerprint density at radius 3 is 2.59 bits per heavy atom. The van der Waals surface area contributed by atoms with Crippen molar-refractivity contribution in [2.24, 2.45) is 5.92 Å². The number of hydrogen-bond acceptors (Lipinski definition) is 1. The third-order valence-electron chi connectivity index (χ3n) is 3.96. The summed E-state index contributed by atoms with van der Waals surface area (Å²) >= 11 is 0. The van der Waals surface area contributed by atoms with Gasteiger partial charge in [0.2, 0.25) is 0 Å². The van der Waals surface area contributed by atoms with Crippen LogP contribution in [-0.4, -0.2) is 5.78 Å². The van der Waals surface area contributed by atoms with E-state index in [1.165, 1.54) is 43.3 Å². The number of rotatable bonds is 0. The lowest BCUT2D eigenvalue weighted by Crippen LogP contribution is -2.18. The Bertz CT molecular complexity index is 335. The minimum absolute atomic E-state index is 0.446. The molecule has 2 rings (SSSR count). The molecule has 0 unspecified atom stereocenters. The topological polar surface area (TPSA) is 17.1 Å². The van der Waals surface area contributed by atoms with Crippen molar-refractivity contribution in [2.75, 3.05) is 0 Å². The summed E-state index contributed by atoms with van der Waals surface area (Å²) < 4.78 is 0. The van der Waals surface area contributed by atoms with Crippen LogP contribution in [0.2, 0.25) is 0 Å². The lowest BCUT2D eigenvalue weighted by Gasteiger charge is -2.24. The molecule has 94 valence electrons. The molecule has 0 bridgehead atoms. The number of carbonyl (C=O) groups excluding carboxylic acids is 1. The molecule has 0 amide bonds. The van der Waals surface area contributed by atoms with E-state index < -0.39 is 0 Å². The fraction of sp³-hybridized carbons (Fsp3) is 0.688. The lowest BCUT2D eigenvalue weighted by molar-refractivity contribution is -0.117. The van der Waals surface area contributed by atoms with Crippen molar-refractivity contribution in [1.29, 1.82) is 0 Å². The van der Waals surface area contributed by atoms with Crippen LogP contribution < -0.4 is 0 Å². The maximum atomic E-state index is 12.1. The summed E-state index contributed by atoms with van der Waals surface area (Å²) in [5.41, 5.74) is 2.70. The summed E-state index contributed by atoms with van der Waals surface area (Å²) in [5, 5.41) is 0. The monoisotopic (exact) mass is 232 g/mol. The van der Waals surface area contributed by atoms with Crippen molar-refractivity contribution in [3.63, 3.8) is 0 Å². The number of hydrogen-bond donors (Lipinski definition) is 0. The molecule has 0 N–H and O–H groups in total. The molecule has 1 atom stereocenters. The van der Waals surface area contributed by atoms with Gasteiger partial charge in [-0.25, -0.2) is 0 Å². The van der Waals surface area contributed by atoms with Crippen LogP contribution in [0.5, 0.6) is 0 Å². The van der Waals surface area contributed by atoms with E-state index in [0.29, 0.717) is 11.7 Å². The van der Waals surface area contributed by atoms with Gasteiger partial charge in [-0.05, 0) is 62.9 Å². The smallest absolute Gasteiger partial charge is 0.159 e. The number of ketones is 1. The summed E-state index contributed by atoms with van der Waals surface area (Å²) in [6, 6.07) is 0. The van der Waals surface area contributed by atoms with E-state index in [1.807, 2.05) is 0 Å². The van der Waals surface area contributed by atoms with Crippen molar-refractivity contribution in [2.45, 2.75) is 64.7 Å². The van der Waals surface area contributed by atoms with Gasteiger partial charge in [-0.15, -0.1) is 0 Å². The number of Topliss-reactive ketones (excluding diaryl/α,β-unsaturated/α-hetero) is 1. The number of allylic oxidation sites excluding steroid dienone is 4. The van der Waals surface area contributed by atoms with Crippen molar-refractivity contribution >= 4 is 5.78 Å². The first-order chi connectivity index (χ1) is 8.27. The van der Waals surface area contributed by atoms with E-state index in [4.69, 9.17) is 0 Å². The quantitative estimate of drug-likeness (QED) is 0.559. The highest BCUT2D eigenvalue weighted by molar-refractivity contribution is 5.97. The van der Waals surface area contributed by atoms with Crippen molar-refractivity contribution < 1.29 is 4.79 Å². The van der Waals surface area contributed by atoms with Gasteiger partial charge in [-0.2, -0.15) is 0 Å². The predicted octanol–water partition coefficient (Wildman–Crippen LogP) is 4.58. The van der Waals surface area contributed by atoms with Crippen LogP contribution in [0.1, 0.15) is 64.7 Å². The lowest BCUT2D eigenvalue weighted by atomic mass is 9.80. The highest BCUT2D eigenvalue weighted by atomic mass is 16.1. The van der Waals surface area contributed by atoms with Gasteiger partial charge in [0.25, 0.3) is 0 Å². The Hall–Kier alpha value is -0.850. The minimum Gasteiger partial charge on any atom is -0.295 e. The van der Waals surface area contributed by atoms with Crippen LogP contribution in [-0.2, 0) is 4.79 Å². The second-order valence-electron chi connectivity index (χ2n) is 5.63.